The summed E-state index contributed by atoms with van der Waals surface area (Å²) in [6.45, 7) is 0. The first-order valence-electron chi connectivity index (χ1n) is 4.34. The van der Waals surface area contributed by atoms with E-state index in [4.69, 9.17) is 0 Å². The smallest absolute Gasteiger partial charge is 0.0416 e. The van der Waals surface area contributed by atoms with E-state index in [1.165, 1.54) is 35.0 Å². The maximum Gasteiger partial charge on any atom is 0.0416 e. The van der Waals surface area contributed by atoms with Gasteiger partial charge in [-0.2, -0.15) is 0 Å². The molecular weight excluding hydrogens is 214 g/mol. The van der Waals surface area contributed by atoms with Crippen molar-refractivity contribution in [3.05, 3.63) is 28.2 Å². The third-order valence-corrected chi connectivity index (χ3v) is 3.34. The van der Waals surface area contributed by atoms with Crippen molar-refractivity contribution in [3.63, 3.8) is 0 Å². The van der Waals surface area contributed by atoms with Gasteiger partial charge in [0.25, 0.3) is 0 Å². The van der Waals surface area contributed by atoms with E-state index in [0.717, 1.165) is 0 Å². The molecule has 1 aromatic carbocycles. The molecule has 1 spiro atoms. The molecule has 0 unspecified atom stereocenters. The van der Waals surface area contributed by atoms with Gasteiger partial charge in [0.15, 0.2) is 0 Å². The van der Waals surface area contributed by atoms with Crippen molar-refractivity contribution in [1.29, 1.82) is 0 Å². The van der Waals surface area contributed by atoms with Gasteiger partial charge in [0, 0.05) is 15.7 Å². The fourth-order valence-corrected chi connectivity index (χ4v) is 2.39. The third-order valence-electron chi connectivity index (χ3n) is 2.85. The minimum atomic E-state index is 0.475. The Morgan fingerprint density at radius 2 is 2.17 bits per heavy atom. The van der Waals surface area contributed by atoms with Crippen molar-refractivity contribution in [2.75, 3.05) is 5.32 Å². The Morgan fingerprint density at radius 3 is 2.92 bits per heavy atom. The fourth-order valence-electron chi connectivity index (χ4n) is 1.98. The summed E-state index contributed by atoms with van der Waals surface area (Å²) >= 11 is 3.50. The van der Waals surface area contributed by atoms with Gasteiger partial charge in [-0.25, -0.2) is 0 Å². The number of halogens is 1. The summed E-state index contributed by atoms with van der Waals surface area (Å²) in [6.07, 6.45) is 3.92. The first-order chi connectivity index (χ1) is 5.77. The van der Waals surface area contributed by atoms with E-state index in [-0.39, 0.29) is 0 Å². The molecule has 1 aliphatic heterocycles. The van der Waals surface area contributed by atoms with Gasteiger partial charge in [0.1, 0.15) is 0 Å². The van der Waals surface area contributed by atoms with Gasteiger partial charge in [-0.15, -0.1) is 0 Å². The minimum Gasteiger partial charge on any atom is -0.379 e. The van der Waals surface area contributed by atoms with E-state index in [2.05, 4.69) is 39.4 Å². The highest BCUT2D eigenvalue weighted by Gasteiger charge is 2.46. The molecule has 0 amide bonds. The van der Waals surface area contributed by atoms with Crippen LogP contribution in [0.1, 0.15) is 18.4 Å². The number of hydrogen-bond acceptors (Lipinski definition) is 1. The average Bonchev–Trinajstić information content (AvgIpc) is 2.63. The predicted molar refractivity (Wildman–Crippen MR) is 53.4 cm³/mol. The van der Waals surface area contributed by atoms with Crippen LogP contribution in [0.25, 0.3) is 0 Å². The lowest BCUT2D eigenvalue weighted by molar-refractivity contribution is 0.771. The molecule has 0 saturated heterocycles. The van der Waals surface area contributed by atoms with Crippen LogP contribution in [0.5, 0.6) is 0 Å². The first kappa shape index (κ1) is 6.96. The van der Waals surface area contributed by atoms with E-state index >= 15 is 0 Å². The summed E-state index contributed by atoms with van der Waals surface area (Å²) in [5.41, 5.74) is 3.29. The van der Waals surface area contributed by atoms with Crippen molar-refractivity contribution >= 4 is 21.6 Å². The van der Waals surface area contributed by atoms with Crippen molar-refractivity contribution in [3.8, 4) is 0 Å². The monoisotopic (exact) mass is 223 g/mol. The molecule has 1 heterocycles. The summed E-state index contributed by atoms with van der Waals surface area (Å²) < 4.78 is 1.20. The molecule has 0 aromatic heterocycles. The van der Waals surface area contributed by atoms with Gasteiger partial charge in [-0.05, 0) is 43.0 Å². The molecule has 1 nitrogen and oxygen atoms in total. The van der Waals surface area contributed by atoms with Crippen LogP contribution in [0.2, 0.25) is 0 Å². The normalized spacial score (nSPS) is 22.1. The van der Waals surface area contributed by atoms with Crippen LogP contribution in [0.4, 0.5) is 5.69 Å². The van der Waals surface area contributed by atoms with Crippen LogP contribution in [0.3, 0.4) is 0 Å². The first-order valence-corrected chi connectivity index (χ1v) is 5.13. The highest BCUT2D eigenvalue weighted by molar-refractivity contribution is 9.10. The molecular formula is C10H10BrN. The van der Waals surface area contributed by atoms with Crippen LogP contribution in [0, 0.1) is 0 Å². The summed E-state index contributed by atoms with van der Waals surface area (Å²) in [6, 6.07) is 6.51. The Labute approximate surface area is 80.3 Å². The summed E-state index contributed by atoms with van der Waals surface area (Å²) in [5.74, 6) is 0. The Balaban J connectivity index is 2.07. The topological polar surface area (TPSA) is 12.0 Å². The second-order valence-electron chi connectivity index (χ2n) is 3.88. The molecule has 1 N–H and O–H groups in total. The quantitative estimate of drug-likeness (QED) is 0.714. The SMILES string of the molecule is Brc1ccc2c(c1)CC1(CC1)N2. The molecule has 0 atom stereocenters. The van der Waals surface area contributed by atoms with E-state index in [1.807, 2.05) is 0 Å². The average molecular weight is 224 g/mol. The van der Waals surface area contributed by atoms with Crippen LogP contribution < -0.4 is 5.32 Å². The molecule has 0 radical (unpaired) electrons. The van der Waals surface area contributed by atoms with E-state index < -0.39 is 0 Å². The van der Waals surface area contributed by atoms with Crippen molar-refractivity contribution < 1.29 is 0 Å². The minimum absolute atomic E-state index is 0.475. The fraction of sp³-hybridized carbons (Fsp3) is 0.400. The largest absolute Gasteiger partial charge is 0.379 e. The zero-order valence-corrected chi connectivity index (χ0v) is 8.32. The van der Waals surface area contributed by atoms with Gasteiger partial charge in [0.05, 0.1) is 0 Å². The van der Waals surface area contributed by atoms with E-state index in [9.17, 15) is 0 Å². The number of benzene rings is 1. The van der Waals surface area contributed by atoms with Gasteiger partial charge in [-0.3, -0.25) is 0 Å². The highest BCUT2D eigenvalue weighted by Crippen LogP contribution is 2.48. The molecule has 1 saturated carbocycles. The number of anilines is 1. The Morgan fingerprint density at radius 1 is 1.33 bits per heavy atom. The predicted octanol–water partition coefficient (Wildman–Crippen LogP) is 2.95. The number of fused-ring (bicyclic) bond motifs is 1. The molecule has 1 fully saturated rings. The second-order valence-corrected chi connectivity index (χ2v) is 4.80. The van der Waals surface area contributed by atoms with Gasteiger partial charge in [-0.1, -0.05) is 15.9 Å². The van der Waals surface area contributed by atoms with Crippen LogP contribution in [-0.2, 0) is 6.42 Å². The molecule has 2 heteroatoms. The zero-order valence-electron chi connectivity index (χ0n) is 6.73. The number of nitrogens with one attached hydrogen (secondary N) is 1. The summed E-state index contributed by atoms with van der Waals surface area (Å²) in [7, 11) is 0. The van der Waals surface area contributed by atoms with Crippen LogP contribution >= 0.6 is 15.9 Å². The van der Waals surface area contributed by atoms with Crippen molar-refractivity contribution in [1.82, 2.24) is 0 Å². The van der Waals surface area contributed by atoms with Crippen molar-refractivity contribution in [2.45, 2.75) is 24.8 Å². The lowest BCUT2D eigenvalue weighted by atomic mass is 10.1. The maximum absolute atomic E-state index is 3.59. The van der Waals surface area contributed by atoms with Gasteiger partial charge in [0.2, 0.25) is 0 Å². The second kappa shape index (κ2) is 2.05. The van der Waals surface area contributed by atoms with E-state index in [1.54, 1.807) is 0 Å². The van der Waals surface area contributed by atoms with Crippen LogP contribution in [0.15, 0.2) is 22.7 Å². The molecule has 3 rings (SSSR count). The molecule has 1 aromatic rings. The standard InChI is InChI=1S/C10H10BrN/c11-8-1-2-9-7(5-8)6-10(12-9)3-4-10/h1-2,5,12H,3-4,6H2. The molecule has 0 bridgehead atoms. The molecule has 62 valence electrons. The molecule has 2 aliphatic rings. The summed E-state index contributed by atoms with van der Waals surface area (Å²) in [4.78, 5) is 0. The lowest BCUT2D eigenvalue weighted by Crippen LogP contribution is -2.15. The lowest BCUT2D eigenvalue weighted by Gasteiger charge is -2.05. The van der Waals surface area contributed by atoms with Gasteiger partial charge >= 0.3 is 0 Å². The van der Waals surface area contributed by atoms with Gasteiger partial charge < -0.3 is 5.32 Å². The van der Waals surface area contributed by atoms with Crippen LogP contribution in [-0.4, -0.2) is 5.54 Å². The molecule has 12 heavy (non-hydrogen) atoms. The highest BCUT2D eigenvalue weighted by atomic mass is 79.9. The van der Waals surface area contributed by atoms with E-state index in [0.29, 0.717) is 5.54 Å². The summed E-state index contributed by atoms with van der Waals surface area (Å²) in [5, 5.41) is 3.59. The Bertz CT molecular complexity index is 342. The number of rotatable bonds is 0. The van der Waals surface area contributed by atoms with Crippen molar-refractivity contribution in [2.24, 2.45) is 0 Å². The molecule has 1 aliphatic carbocycles. The zero-order chi connectivity index (χ0) is 8.18. The Hall–Kier alpha value is -0.500. The maximum atomic E-state index is 3.59. The number of hydrogen-bond donors (Lipinski definition) is 1. The third kappa shape index (κ3) is 0.908. The Kier molecular flexibility index (Phi) is 1.19.